The Morgan fingerprint density at radius 3 is 2.50 bits per heavy atom. The molecule has 0 radical (unpaired) electrons. The number of rotatable bonds is 5. The number of amides is 1. The number of aliphatic hydroxyl groups excluding tert-OH is 1. The first-order chi connectivity index (χ1) is 7.78. The number of likely N-dealkylation sites (tertiary alicyclic amines) is 2. The van der Waals surface area contributed by atoms with Crippen LogP contribution in [0, 0.1) is 5.92 Å². The Kier molecular flexibility index (Phi) is 4.18. The minimum Gasteiger partial charge on any atom is -0.390 e. The first-order valence-corrected chi connectivity index (χ1v) is 6.37. The zero-order valence-electron chi connectivity index (χ0n) is 9.85. The molecule has 2 rings (SSSR count). The molecule has 16 heavy (non-hydrogen) atoms. The Morgan fingerprint density at radius 1 is 1.25 bits per heavy atom. The number of nitrogens with zero attached hydrogens (tertiary/aromatic N) is 2. The minimum atomic E-state index is -0.0733. The predicted molar refractivity (Wildman–Crippen MR) is 62.0 cm³/mol. The quantitative estimate of drug-likeness (QED) is 0.686. The molecule has 0 unspecified atom stereocenters. The summed E-state index contributed by atoms with van der Waals surface area (Å²) in [4.78, 5) is 14.7. The number of piperidine rings is 1. The summed E-state index contributed by atoms with van der Waals surface area (Å²) >= 11 is 0. The molecule has 0 bridgehead atoms. The van der Waals surface area contributed by atoms with Gasteiger partial charge >= 0.3 is 0 Å². The molecule has 0 aromatic heterocycles. The maximum atomic E-state index is 10.5. The highest BCUT2D eigenvalue weighted by Gasteiger charge is 2.24. The Balaban J connectivity index is 1.52. The van der Waals surface area contributed by atoms with Crippen molar-refractivity contribution in [2.24, 2.45) is 5.92 Å². The maximum Gasteiger partial charge on any atom is 0.209 e. The number of β-amino-alcohol motifs (C(OH)–C–C–N with tert-alkyl or cyclic N) is 1. The summed E-state index contributed by atoms with van der Waals surface area (Å²) < 4.78 is 0. The van der Waals surface area contributed by atoms with Crippen LogP contribution in [0.5, 0.6) is 0 Å². The zero-order valence-corrected chi connectivity index (χ0v) is 9.85. The second-order valence-corrected chi connectivity index (χ2v) is 5.14. The Morgan fingerprint density at radius 2 is 1.94 bits per heavy atom. The highest BCUT2D eigenvalue weighted by atomic mass is 16.3. The van der Waals surface area contributed by atoms with Crippen LogP contribution in [-0.2, 0) is 4.79 Å². The van der Waals surface area contributed by atoms with Crippen molar-refractivity contribution < 1.29 is 9.90 Å². The first-order valence-electron chi connectivity index (χ1n) is 6.37. The van der Waals surface area contributed by atoms with E-state index in [1.165, 1.54) is 25.7 Å². The normalized spacial score (nSPS) is 24.4. The average molecular weight is 226 g/mol. The van der Waals surface area contributed by atoms with Gasteiger partial charge in [-0.25, -0.2) is 0 Å². The summed E-state index contributed by atoms with van der Waals surface area (Å²) in [5.74, 6) is 0.808. The molecule has 0 atom stereocenters. The summed E-state index contributed by atoms with van der Waals surface area (Å²) in [6, 6.07) is 0. The van der Waals surface area contributed by atoms with E-state index in [-0.39, 0.29) is 6.10 Å². The van der Waals surface area contributed by atoms with E-state index in [9.17, 15) is 4.79 Å². The molecule has 4 heteroatoms. The Hall–Kier alpha value is -0.610. The fourth-order valence-electron chi connectivity index (χ4n) is 2.68. The van der Waals surface area contributed by atoms with Gasteiger partial charge < -0.3 is 10.0 Å². The molecule has 0 spiro atoms. The molecule has 0 aliphatic carbocycles. The fraction of sp³-hybridized carbons (Fsp3) is 0.917. The average Bonchev–Trinajstić information content (AvgIpc) is 2.27. The van der Waals surface area contributed by atoms with Gasteiger partial charge in [0.2, 0.25) is 6.41 Å². The number of aliphatic hydroxyl groups is 1. The molecule has 2 aliphatic rings. The molecule has 1 N–H and O–H groups in total. The van der Waals surface area contributed by atoms with Crippen LogP contribution >= 0.6 is 0 Å². The second kappa shape index (κ2) is 5.64. The largest absolute Gasteiger partial charge is 0.390 e. The van der Waals surface area contributed by atoms with Crippen molar-refractivity contribution in [3.8, 4) is 0 Å². The van der Waals surface area contributed by atoms with Crippen molar-refractivity contribution in [1.29, 1.82) is 0 Å². The lowest BCUT2D eigenvalue weighted by Crippen LogP contribution is -2.50. The molecule has 92 valence electrons. The van der Waals surface area contributed by atoms with E-state index >= 15 is 0 Å². The highest BCUT2D eigenvalue weighted by Crippen LogP contribution is 2.21. The van der Waals surface area contributed by atoms with Gasteiger partial charge in [-0.2, -0.15) is 0 Å². The number of hydrogen-bond acceptors (Lipinski definition) is 3. The van der Waals surface area contributed by atoms with Gasteiger partial charge in [0.05, 0.1) is 6.10 Å². The lowest BCUT2D eigenvalue weighted by molar-refractivity contribution is -0.119. The SMILES string of the molecule is O=CN1CCC(CCCN2CC(O)C2)CC1. The van der Waals surface area contributed by atoms with Crippen molar-refractivity contribution in [2.75, 3.05) is 32.7 Å². The van der Waals surface area contributed by atoms with Crippen LogP contribution in [0.2, 0.25) is 0 Å². The molecule has 0 aromatic rings. The summed E-state index contributed by atoms with van der Waals surface area (Å²) in [6.45, 7) is 4.74. The van der Waals surface area contributed by atoms with E-state index < -0.39 is 0 Å². The maximum absolute atomic E-state index is 10.5. The third-order valence-corrected chi connectivity index (χ3v) is 3.82. The zero-order chi connectivity index (χ0) is 11.4. The van der Waals surface area contributed by atoms with Crippen molar-refractivity contribution in [2.45, 2.75) is 31.8 Å². The van der Waals surface area contributed by atoms with Gasteiger partial charge in [0, 0.05) is 26.2 Å². The second-order valence-electron chi connectivity index (χ2n) is 5.14. The lowest BCUT2D eigenvalue weighted by Gasteiger charge is -2.36. The van der Waals surface area contributed by atoms with Crippen LogP contribution in [0.25, 0.3) is 0 Å². The van der Waals surface area contributed by atoms with E-state index in [0.29, 0.717) is 0 Å². The molecule has 0 aromatic carbocycles. The highest BCUT2D eigenvalue weighted by molar-refractivity contribution is 5.47. The molecule has 2 fully saturated rings. The molecule has 4 nitrogen and oxygen atoms in total. The van der Waals surface area contributed by atoms with Crippen molar-refractivity contribution >= 4 is 6.41 Å². The summed E-state index contributed by atoms with van der Waals surface area (Å²) in [5.41, 5.74) is 0. The molecule has 2 heterocycles. The van der Waals surface area contributed by atoms with Crippen molar-refractivity contribution in [1.82, 2.24) is 9.80 Å². The van der Waals surface area contributed by atoms with Crippen LogP contribution in [0.4, 0.5) is 0 Å². The summed E-state index contributed by atoms with van der Waals surface area (Å²) in [7, 11) is 0. The standard InChI is InChI=1S/C12H22N2O2/c15-10-13-6-3-11(4-7-13)2-1-5-14-8-12(16)9-14/h10-12,16H,1-9H2. The Bertz CT molecular complexity index is 221. The van der Waals surface area contributed by atoms with E-state index in [1.807, 2.05) is 4.90 Å². The monoisotopic (exact) mass is 226 g/mol. The molecule has 0 saturated carbocycles. The number of hydrogen-bond donors (Lipinski definition) is 1. The molecular weight excluding hydrogens is 204 g/mol. The lowest BCUT2D eigenvalue weighted by atomic mass is 9.92. The van der Waals surface area contributed by atoms with E-state index in [4.69, 9.17) is 5.11 Å². The van der Waals surface area contributed by atoms with Crippen molar-refractivity contribution in [3.05, 3.63) is 0 Å². The van der Waals surface area contributed by atoms with Gasteiger partial charge in [-0.05, 0) is 38.1 Å². The summed E-state index contributed by atoms with van der Waals surface area (Å²) in [5, 5.41) is 9.14. The molecule has 2 aliphatic heterocycles. The molecule has 1 amide bonds. The van der Waals surface area contributed by atoms with Crippen LogP contribution in [0.15, 0.2) is 0 Å². The fourth-order valence-corrected chi connectivity index (χ4v) is 2.68. The van der Waals surface area contributed by atoms with Crippen LogP contribution < -0.4 is 0 Å². The molecular formula is C12H22N2O2. The predicted octanol–water partition coefficient (Wildman–Crippen LogP) is 0.311. The molecule has 2 saturated heterocycles. The number of carbonyl (C=O) groups is 1. The third kappa shape index (κ3) is 3.19. The van der Waals surface area contributed by atoms with Gasteiger partial charge in [0.1, 0.15) is 0 Å². The van der Waals surface area contributed by atoms with E-state index in [1.54, 1.807) is 0 Å². The van der Waals surface area contributed by atoms with Gasteiger partial charge in [0.25, 0.3) is 0 Å². The minimum absolute atomic E-state index is 0.0733. The van der Waals surface area contributed by atoms with Gasteiger partial charge in [-0.3, -0.25) is 9.69 Å². The topological polar surface area (TPSA) is 43.8 Å². The van der Waals surface area contributed by atoms with Crippen molar-refractivity contribution in [3.63, 3.8) is 0 Å². The van der Waals surface area contributed by atoms with Gasteiger partial charge in [0.15, 0.2) is 0 Å². The van der Waals surface area contributed by atoms with E-state index in [2.05, 4.69) is 4.90 Å². The summed E-state index contributed by atoms with van der Waals surface area (Å²) in [6.07, 6.45) is 5.74. The van der Waals surface area contributed by atoms with Crippen LogP contribution in [0.1, 0.15) is 25.7 Å². The number of carbonyl (C=O) groups excluding carboxylic acids is 1. The smallest absolute Gasteiger partial charge is 0.209 e. The Labute approximate surface area is 97.2 Å². The van der Waals surface area contributed by atoms with Crippen LogP contribution in [0.3, 0.4) is 0 Å². The first kappa shape index (κ1) is 11.9. The third-order valence-electron chi connectivity index (χ3n) is 3.82. The van der Waals surface area contributed by atoms with Gasteiger partial charge in [-0.15, -0.1) is 0 Å². The van der Waals surface area contributed by atoms with E-state index in [0.717, 1.165) is 45.1 Å². The van der Waals surface area contributed by atoms with Gasteiger partial charge in [-0.1, -0.05) is 0 Å². The van der Waals surface area contributed by atoms with Crippen LogP contribution in [-0.4, -0.2) is 60.1 Å².